The molecule has 1 fully saturated rings. The summed E-state index contributed by atoms with van der Waals surface area (Å²) >= 11 is 2.05. The number of hydrogen-bond acceptors (Lipinski definition) is 2. The highest BCUT2D eigenvalue weighted by atomic mass is 32.2. The van der Waals surface area contributed by atoms with Crippen LogP contribution in [0.15, 0.2) is 29.2 Å². The quantitative estimate of drug-likeness (QED) is 0.758. The molecule has 0 aromatic heterocycles. The maximum atomic E-state index is 3.72. The molecule has 0 saturated heterocycles. The highest BCUT2D eigenvalue weighted by molar-refractivity contribution is 8.00. The van der Waals surface area contributed by atoms with Gasteiger partial charge in [0, 0.05) is 10.6 Å². The van der Waals surface area contributed by atoms with Crippen LogP contribution in [0.25, 0.3) is 0 Å². The average molecular weight is 247 g/mol. The molecule has 92 valence electrons. The van der Waals surface area contributed by atoms with Crippen LogP contribution in [0.3, 0.4) is 0 Å². The van der Waals surface area contributed by atoms with Crippen LogP contribution in [0.4, 0.5) is 5.69 Å². The summed E-state index contributed by atoms with van der Waals surface area (Å²) in [7, 11) is 0. The van der Waals surface area contributed by atoms with Crippen molar-refractivity contribution in [1.29, 1.82) is 0 Å². The van der Waals surface area contributed by atoms with Crippen LogP contribution in [0.5, 0.6) is 0 Å². The number of rotatable bonds is 1. The monoisotopic (exact) mass is 247 g/mol. The van der Waals surface area contributed by atoms with E-state index in [0.29, 0.717) is 5.37 Å². The van der Waals surface area contributed by atoms with Crippen LogP contribution in [0.2, 0.25) is 0 Å². The summed E-state index contributed by atoms with van der Waals surface area (Å²) in [5.41, 5.74) is 1.35. The molecule has 0 spiro atoms. The van der Waals surface area contributed by atoms with Crippen LogP contribution in [0, 0.1) is 5.92 Å². The van der Waals surface area contributed by atoms with Gasteiger partial charge in [-0.05, 0) is 30.9 Å². The Morgan fingerprint density at radius 2 is 1.65 bits per heavy atom. The van der Waals surface area contributed by atoms with E-state index in [9.17, 15) is 0 Å². The van der Waals surface area contributed by atoms with Crippen molar-refractivity contribution in [3.8, 4) is 0 Å². The number of thioether (sulfide) groups is 1. The van der Waals surface area contributed by atoms with Crippen molar-refractivity contribution < 1.29 is 0 Å². The fraction of sp³-hybridized carbons (Fsp3) is 0.600. The lowest BCUT2D eigenvalue weighted by Gasteiger charge is -2.25. The standard InChI is InChI=1S/C15H21NS/c1-2-4-8-12(9-5-3-1)15-16-13-10-6-7-11-14(13)17-15/h6-7,10-12,15-16H,1-5,8-9H2. The van der Waals surface area contributed by atoms with Gasteiger partial charge in [0.1, 0.15) is 0 Å². The van der Waals surface area contributed by atoms with Crippen LogP contribution >= 0.6 is 11.8 Å². The van der Waals surface area contributed by atoms with Crippen LogP contribution in [0.1, 0.15) is 44.9 Å². The smallest absolute Gasteiger partial charge is 0.0798 e. The molecule has 1 aliphatic heterocycles. The first-order chi connectivity index (χ1) is 8.43. The second-order valence-corrected chi connectivity index (χ2v) is 6.47. The Morgan fingerprint density at radius 1 is 0.941 bits per heavy atom. The van der Waals surface area contributed by atoms with E-state index in [2.05, 4.69) is 29.6 Å². The molecule has 0 radical (unpaired) electrons. The first-order valence-corrected chi connectivity index (χ1v) is 7.84. The minimum absolute atomic E-state index is 0.630. The summed E-state index contributed by atoms with van der Waals surface area (Å²) in [6.07, 6.45) is 10.0. The molecule has 1 aromatic carbocycles. The molecule has 0 amide bonds. The molecule has 1 atom stereocenters. The predicted molar refractivity (Wildman–Crippen MR) is 75.5 cm³/mol. The van der Waals surface area contributed by atoms with Gasteiger partial charge in [-0.2, -0.15) is 0 Å². The van der Waals surface area contributed by atoms with Crippen molar-refractivity contribution in [3.63, 3.8) is 0 Å². The predicted octanol–water partition coefficient (Wildman–Crippen LogP) is 4.89. The van der Waals surface area contributed by atoms with E-state index >= 15 is 0 Å². The summed E-state index contributed by atoms with van der Waals surface area (Å²) in [5.74, 6) is 0.868. The van der Waals surface area contributed by atoms with Gasteiger partial charge >= 0.3 is 0 Å². The third-order valence-electron chi connectivity index (χ3n) is 4.02. The van der Waals surface area contributed by atoms with Gasteiger partial charge in [-0.1, -0.05) is 56.0 Å². The number of anilines is 1. The molecular weight excluding hydrogens is 226 g/mol. The van der Waals surface area contributed by atoms with E-state index in [0.717, 1.165) is 5.92 Å². The summed E-state index contributed by atoms with van der Waals surface area (Å²) in [4.78, 5) is 1.44. The molecule has 1 nitrogen and oxygen atoms in total. The molecule has 2 aliphatic rings. The fourth-order valence-corrected chi connectivity index (χ4v) is 4.35. The molecule has 2 heteroatoms. The third kappa shape index (κ3) is 2.62. The Kier molecular flexibility index (Phi) is 3.60. The minimum Gasteiger partial charge on any atom is -0.372 e. The lowest BCUT2D eigenvalue weighted by atomic mass is 9.91. The summed E-state index contributed by atoms with van der Waals surface area (Å²) in [5, 5.41) is 4.35. The summed E-state index contributed by atoms with van der Waals surface area (Å²) in [6, 6.07) is 8.74. The van der Waals surface area contributed by atoms with Crippen molar-refractivity contribution in [2.75, 3.05) is 5.32 Å². The topological polar surface area (TPSA) is 12.0 Å². The first kappa shape index (κ1) is 11.5. The zero-order valence-corrected chi connectivity index (χ0v) is 11.1. The van der Waals surface area contributed by atoms with E-state index in [1.807, 2.05) is 11.8 Å². The largest absolute Gasteiger partial charge is 0.372 e. The van der Waals surface area contributed by atoms with Crippen molar-refractivity contribution in [1.82, 2.24) is 0 Å². The van der Waals surface area contributed by atoms with Gasteiger partial charge in [-0.25, -0.2) is 0 Å². The first-order valence-electron chi connectivity index (χ1n) is 6.96. The number of benzene rings is 1. The summed E-state index contributed by atoms with van der Waals surface area (Å²) in [6.45, 7) is 0. The molecular formula is C15H21NS. The third-order valence-corrected chi connectivity index (χ3v) is 5.38. The second kappa shape index (κ2) is 5.34. The van der Waals surface area contributed by atoms with Gasteiger partial charge in [0.25, 0.3) is 0 Å². The maximum Gasteiger partial charge on any atom is 0.0798 e. The average Bonchev–Trinajstić information content (AvgIpc) is 2.71. The Balaban J connectivity index is 1.66. The van der Waals surface area contributed by atoms with Crippen LogP contribution in [-0.4, -0.2) is 5.37 Å². The SMILES string of the molecule is c1ccc2c(c1)NC(C1CCCCCCC1)S2. The van der Waals surface area contributed by atoms with Gasteiger partial charge in [0.05, 0.1) is 5.37 Å². The second-order valence-electron chi connectivity index (χ2n) is 5.28. The van der Waals surface area contributed by atoms with Gasteiger partial charge in [-0.15, -0.1) is 0 Å². The zero-order chi connectivity index (χ0) is 11.5. The van der Waals surface area contributed by atoms with E-state index in [-0.39, 0.29) is 0 Å². The van der Waals surface area contributed by atoms with E-state index in [1.165, 1.54) is 55.5 Å². The van der Waals surface area contributed by atoms with Gasteiger partial charge in [0.2, 0.25) is 0 Å². The molecule has 1 unspecified atom stereocenters. The Morgan fingerprint density at radius 3 is 2.41 bits per heavy atom. The van der Waals surface area contributed by atoms with Gasteiger partial charge in [-0.3, -0.25) is 0 Å². The van der Waals surface area contributed by atoms with Crippen molar-refractivity contribution in [2.24, 2.45) is 5.92 Å². The van der Waals surface area contributed by atoms with Crippen molar-refractivity contribution >= 4 is 17.4 Å². The van der Waals surface area contributed by atoms with Crippen LogP contribution in [-0.2, 0) is 0 Å². The number of fused-ring (bicyclic) bond motifs is 1. The van der Waals surface area contributed by atoms with Crippen LogP contribution < -0.4 is 5.32 Å². The Hall–Kier alpha value is -0.630. The molecule has 0 bridgehead atoms. The van der Waals surface area contributed by atoms with Gasteiger partial charge < -0.3 is 5.32 Å². The maximum absolute atomic E-state index is 3.72. The summed E-state index contributed by atoms with van der Waals surface area (Å²) < 4.78 is 0. The molecule has 1 heterocycles. The molecule has 1 aromatic rings. The molecule has 1 saturated carbocycles. The normalized spacial score (nSPS) is 25.8. The highest BCUT2D eigenvalue weighted by Crippen LogP contribution is 2.43. The van der Waals surface area contributed by atoms with E-state index in [1.54, 1.807) is 0 Å². The van der Waals surface area contributed by atoms with Gasteiger partial charge in [0.15, 0.2) is 0 Å². The van der Waals surface area contributed by atoms with E-state index in [4.69, 9.17) is 0 Å². The Labute approximate surface area is 108 Å². The van der Waals surface area contributed by atoms with E-state index < -0.39 is 0 Å². The molecule has 1 aliphatic carbocycles. The highest BCUT2D eigenvalue weighted by Gasteiger charge is 2.28. The number of hydrogen-bond donors (Lipinski definition) is 1. The molecule has 1 N–H and O–H groups in total. The molecule has 3 rings (SSSR count). The zero-order valence-electron chi connectivity index (χ0n) is 10.3. The van der Waals surface area contributed by atoms with Crippen molar-refractivity contribution in [2.45, 2.75) is 55.2 Å². The minimum atomic E-state index is 0.630. The number of para-hydroxylation sites is 1. The molecule has 17 heavy (non-hydrogen) atoms. The lowest BCUT2D eigenvalue weighted by molar-refractivity contribution is 0.381. The Bertz CT molecular complexity index is 344. The fourth-order valence-electron chi connectivity index (χ4n) is 3.01. The number of nitrogens with one attached hydrogen (secondary N) is 1. The lowest BCUT2D eigenvalue weighted by Crippen LogP contribution is -2.23. The van der Waals surface area contributed by atoms with Crippen molar-refractivity contribution in [3.05, 3.63) is 24.3 Å².